The number of benzene rings is 5. The smallest absolute Gasteiger partial charge is 0.0988 e. The Hall–Kier alpha value is -5.36. The number of nitrogens with zero attached hydrogens (tertiary/aromatic N) is 3. The zero-order chi connectivity index (χ0) is 37.3. The number of thiophene rings is 2. The molecule has 0 bridgehead atoms. The van der Waals surface area contributed by atoms with Crippen molar-refractivity contribution in [1.82, 2.24) is 14.5 Å². The third kappa shape index (κ3) is 6.92. The minimum absolute atomic E-state index is 0.899. The number of aromatic nitrogens is 3. The predicted octanol–water partition coefficient (Wildman–Crippen LogP) is 15.2. The third-order valence-electron chi connectivity index (χ3n) is 10.8. The van der Waals surface area contributed by atoms with Gasteiger partial charge in [-0.2, -0.15) is 0 Å². The Morgan fingerprint density at radius 3 is 1.69 bits per heavy atom. The van der Waals surface area contributed by atoms with Crippen LogP contribution >= 0.6 is 22.7 Å². The fourth-order valence-corrected chi connectivity index (χ4v) is 9.92. The Bertz CT molecular complexity index is 2770. The summed E-state index contributed by atoms with van der Waals surface area (Å²) in [5.74, 6) is 0. The van der Waals surface area contributed by atoms with Crippen molar-refractivity contribution in [3.05, 3.63) is 144 Å². The van der Waals surface area contributed by atoms with Crippen LogP contribution in [0, 0.1) is 13.8 Å². The maximum atomic E-state index is 5.55. The summed E-state index contributed by atoms with van der Waals surface area (Å²) >= 11 is 3.65. The van der Waals surface area contributed by atoms with Crippen LogP contribution in [0.1, 0.15) is 55.9 Å². The zero-order valence-corrected chi connectivity index (χ0v) is 33.4. The normalized spacial score (nSPS) is 11.7. The largest absolute Gasteiger partial charge is 0.340 e. The first-order valence-electron chi connectivity index (χ1n) is 19.7. The second-order valence-electron chi connectivity index (χ2n) is 14.8. The summed E-state index contributed by atoms with van der Waals surface area (Å²) in [6.45, 7) is 7.71. The first kappa shape index (κ1) is 35.3. The molecule has 272 valence electrons. The first-order valence-corrected chi connectivity index (χ1v) is 21.3. The van der Waals surface area contributed by atoms with Gasteiger partial charge in [-0.1, -0.05) is 136 Å². The van der Waals surface area contributed by atoms with Gasteiger partial charge in [0.1, 0.15) is 0 Å². The molecule has 0 unspecified atom stereocenters. The van der Waals surface area contributed by atoms with Crippen LogP contribution in [0.15, 0.2) is 133 Å². The number of hydrogen-bond acceptors (Lipinski definition) is 4. The molecule has 0 N–H and O–H groups in total. The van der Waals surface area contributed by atoms with E-state index in [0.717, 1.165) is 51.2 Å². The lowest BCUT2D eigenvalue weighted by Crippen LogP contribution is -1.98. The van der Waals surface area contributed by atoms with E-state index in [0.29, 0.717) is 0 Å². The van der Waals surface area contributed by atoms with Gasteiger partial charge in [0.2, 0.25) is 0 Å². The molecule has 0 radical (unpaired) electrons. The van der Waals surface area contributed by atoms with E-state index in [1.807, 2.05) is 11.3 Å². The van der Waals surface area contributed by atoms with E-state index in [-0.39, 0.29) is 0 Å². The molecule has 55 heavy (non-hydrogen) atoms. The van der Waals surface area contributed by atoms with Crippen LogP contribution in [-0.2, 0) is 6.54 Å². The topological polar surface area (TPSA) is 30.7 Å². The van der Waals surface area contributed by atoms with Crippen LogP contribution in [-0.4, -0.2) is 14.5 Å². The highest BCUT2D eigenvalue weighted by atomic mass is 32.1. The van der Waals surface area contributed by atoms with E-state index < -0.39 is 0 Å². The van der Waals surface area contributed by atoms with Gasteiger partial charge in [-0.3, -0.25) is 0 Å². The molecule has 0 amide bonds. The van der Waals surface area contributed by atoms with Crippen molar-refractivity contribution in [1.29, 1.82) is 0 Å². The van der Waals surface area contributed by atoms with Crippen molar-refractivity contribution in [2.75, 3.05) is 0 Å². The lowest BCUT2D eigenvalue weighted by Gasteiger charge is -2.15. The van der Waals surface area contributed by atoms with Crippen molar-refractivity contribution in [2.24, 2.45) is 0 Å². The Kier molecular flexibility index (Phi) is 9.90. The second kappa shape index (κ2) is 15.4. The summed E-state index contributed by atoms with van der Waals surface area (Å²) in [4.78, 5) is 16.0. The molecule has 0 atom stereocenters. The van der Waals surface area contributed by atoms with E-state index in [9.17, 15) is 0 Å². The first-order chi connectivity index (χ1) is 27.1. The summed E-state index contributed by atoms with van der Waals surface area (Å²) in [7, 11) is 0. The van der Waals surface area contributed by atoms with Crippen LogP contribution in [0.2, 0.25) is 0 Å². The highest BCUT2D eigenvalue weighted by Gasteiger charge is 2.21. The lowest BCUT2D eigenvalue weighted by atomic mass is 10.0. The molecule has 0 saturated carbocycles. The predicted molar refractivity (Wildman–Crippen MR) is 238 cm³/mol. The van der Waals surface area contributed by atoms with E-state index in [1.54, 1.807) is 11.3 Å². The fraction of sp³-hybridized carbons (Fsp3) is 0.200. The maximum absolute atomic E-state index is 5.55. The molecule has 4 aromatic heterocycles. The monoisotopic (exact) mass is 751 g/mol. The summed E-state index contributed by atoms with van der Waals surface area (Å²) in [6.07, 6.45) is 7.77. The van der Waals surface area contributed by atoms with Crippen LogP contribution in [0.5, 0.6) is 0 Å². The Morgan fingerprint density at radius 1 is 0.491 bits per heavy atom. The van der Waals surface area contributed by atoms with Gasteiger partial charge in [-0.05, 0) is 67.8 Å². The third-order valence-corrected chi connectivity index (χ3v) is 13.0. The molecule has 0 aliphatic heterocycles. The molecule has 5 aromatic carbocycles. The summed E-state index contributed by atoms with van der Waals surface area (Å²) in [5.41, 5.74) is 13.3. The number of fused-ring (bicyclic) bond motifs is 4. The number of unbranched alkanes of at least 4 members (excludes halogenated alkanes) is 5. The minimum atomic E-state index is 0.899. The average molecular weight is 752 g/mol. The highest BCUT2D eigenvalue weighted by Crippen LogP contribution is 2.44. The standard InChI is InChI=1S/C50H45N3S2/c1-4-5-6-7-8-15-30-53-42-31-33(2)20-23-38(42)39-24-22-37(32-43(39)53)44-28-29-46(55-44)41-26-25-40(45-27-21-34(3)54-45)49-50(41)52-48(36-18-13-10-14-19-36)47(51-49)35-16-11-9-12-17-35/h9-14,16-29,31-32H,4-8,15,30H2,1-3H3. The lowest BCUT2D eigenvalue weighted by molar-refractivity contribution is 0.571. The van der Waals surface area contributed by atoms with Gasteiger partial charge in [-0.25, -0.2) is 9.97 Å². The van der Waals surface area contributed by atoms with Gasteiger partial charge in [0, 0.05) is 70.1 Å². The summed E-state index contributed by atoms with van der Waals surface area (Å²) in [5, 5.41) is 2.69. The molecular weight excluding hydrogens is 707 g/mol. The van der Waals surface area contributed by atoms with Gasteiger partial charge in [0.15, 0.2) is 0 Å². The van der Waals surface area contributed by atoms with Crippen molar-refractivity contribution in [3.63, 3.8) is 0 Å². The molecule has 0 aliphatic carbocycles. The molecule has 4 heterocycles. The average Bonchev–Trinajstić information content (AvgIpc) is 3.96. The van der Waals surface area contributed by atoms with Crippen LogP contribution < -0.4 is 0 Å². The van der Waals surface area contributed by atoms with Gasteiger partial charge in [0.25, 0.3) is 0 Å². The van der Waals surface area contributed by atoms with Crippen molar-refractivity contribution in [3.8, 4) is 53.8 Å². The number of rotatable bonds is 12. The Balaban J connectivity index is 1.17. The molecule has 0 spiro atoms. The number of aryl methyl sites for hydroxylation is 3. The minimum Gasteiger partial charge on any atom is -0.340 e. The number of hydrogen-bond donors (Lipinski definition) is 0. The van der Waals surface area contributed by atoms with Gasteiger partial charge in [0.05, 0.1) is 22.4 Å². The van der Waals surface area contributed by atoms with Crippen molar-refractivity contribution in [2.45, 2.75) is 65.8 Å². The van der Waals surface area contributed by atoms with E-state index in [4.69, 9.17) is 9.97 Å². The molecule has 9 rings (SSSR count). The fourth-order valence-electron chi connectivity index (χ4n) is 7.99. The van der Waals surface area contributed by atoms with E-state index in [1.165, 1.54) is 91.0 Å². The van der Waals surface area contributed by atoms with Crippen LogP contribution in [0.4, 0.5) is 0 Å². The Labute approximate surface area is 332 Å². The molecule has 0 fully saturated rings. The van der Waals surface area contributed by atoms with E-state index in [2.05, 4.69) is 159 Å². The van der Waals surface area contributed by atoms with Gasteiger partial charge in [-0.15, -0.1) is 22.7 Å². The summed E-state index contributed by atoms with van der Waals surface area (Å²) < 4.78 is 2.58. The zero-order valence-electron chi connectivity index (χ0n) is 31.8. The van der Waals surface area contributed by atoms with Crippen molar-refractivity contribution < 1.29 is 0 Å². The highest BCUT2D eigenvalue weighted by molar-refractivity contribution is 7.19. The molecule has 5 heteroatoms. The second-order valence-corrected chi connectivity index (χ2v) is 17.1. The van der Waals surface area contributed by atoms with Crippen LogP contribution in [0.25, 0.3) is 86.7 Å². The van der Waals surface area contributed by atoms with Crippen LogP contribution in [0.3, 0.4) is 0 Å². The molecule has 0 saturated heterocycles. The quantitative estimate of drug-likeness (QED) is 0.116. The van der Waals surface area contributed by atoms with Gasteiger partial charge < -0.3 is 4.57 Å². The maximum Gasteiger partial charge on any atom is 0.0988 e. The van der Waals surface area contributed by atoms with E-state index >= 15 is 0 Å². The summed E-state index contributed by atoms with van der Waals surface area (Å²) in [6, 6.07) is 48.5. The van der Waals surface area contributed by atoms with Crippen molar-refractivity contribution >= 4 is 55.5 Å². The SMILES string of the molecule is CCCCCCCCn1c2cc(C)ccc2c2ccc(-c3ccc(-c4ccc(-c5ccc(C)s5)c5nc(-c6ccccc6)c(-c6ccccc6)nc45)s3)cc21. The molecule has 9 aromatic rings. The molecule has 3 nitrogen and oxygen atoms in total. The molecular formula is C50H45N3S2. The molecule has 0 aliphatic rings. The van der Waals surface area contributed by atoms with Gasteiger partial charge >= 0.3 is 0 Å². The Morgan fingerprint density at radius 2 is 1.05 bits per heavy atom.